The van der Waals surface area contributed by atoms with E-state index in [1.807, 2.05) is 18.2 Å². The first-order valence-corrected chi connectivity index (χ1v) is 7.59. The summed E-state index contributed by atoms with van der Waals surface area (Å²) < 4.78 is 15.4. The van der Waals surface area contributed by atoms with E-state index < -0.39 is 17.7 Å². The number of ether oxygens (including phenoxy) is 2. The summed E-state index contributed by atoms with van der Waals surface area (Å²) in [4.78, 5) is 28.0. The van der Waals surface area contributed by atoms with Crippen LogP contribution in [0.3, 0.4) is 0 Å². The van der Waals surface area contributed by atoms with Gasteiger partial charge >= 0.3 is 11.9 Å². The lowest BCUT2D eigenvalue weighted by atomic mass is 10.2. The van der Waals surface area contributed by atoms with E-state index in [2.05, 4.69) is 4.98 Å². The van der Waals surface area contributed by atoms with E-state index in [1.54, 1.807) is 19.1 Å². The molecule has 0 radical (unpaired) electrons. The zero-order valence-electron chi connectivity index (χ0n) is 13.4. The Kier molecular flexibility index (Phi) is 4.65. The SMILES string of the molecule is CCOC(=O)c1cncc2c(O)c(C(=O)OCc3ccccc3)oc12. The van der Waals surface area contributed by atoms with Crippen LogP contribution in [-0.2, 0) is 16.1 Å². The van der Waals surface area contributed by atoms with E-state index >= 15 is 0 Å². The molecule has 0 saturated heterocycles. The fourth-order valence-electron chi connectivity index (χ4n) is 2.28. The largest absolute Gasteiger partial charge is 0.504 e. The molecule has 0 aliphatic heterocycles. The number of carbonyl (C=O) groups excluding carboxylic acids is 2. The molecule has 1 N–H and O–H groups in total. The number of fused-ring (bicyclic) bond motifs is 1. The lowest BCUT2D eigenvalue weighted by Crippen LogP contribution is -2.05. The lowest BCUT2D eigenvalue weighted by molar-refractivity contribution is 0.0431. The fraction of sp³-hybridized carbons (Fsp3) is 0.167. The maximum absolute atomic E-state index is 12.2. The van der Waals surface area contributed by atoms with Crippen molar-refractivity contribution in [2.75, 3.05) is 6.61 Å². The number of hydrogen-bond acceptors (Lipinski definition) is 7. The Balaban J connectivity index is 1.89. The second-order valence-electron chi connectivity index (χ2n) is 5.13. The first-order valence-electron chi connectivity index (χ1n) is 7.59. The molecule has 0 bridgehead atoms. The number of rotatable bonds is 5. The van der Waals surface area contributed by atoms with E-state index in [1.165, 1.54) is 12.4 Å². The smallest absolute Gasteiger partial charge is 0.378 e. The first-order chi connectivity index (χ1) is 12.1. The van der Waals surface area contributed by atoms with Gasteiger partial charge in [0.15, 0.2) is 11.3 Å². The molecule has 0 saturated carbocycles. The van der Waals surface area contributed by atoms with Crippen LogP contribution in [0.1, 0.15) is 33.4 Å². The van der Waals surface area contributed by atoms with Crippen LogP contribution in [-0.4, -0.2) is 28.6 Å². The molecular weight excluding hydrogens is 326 g/mol. The van der Waals surface area contributed by atoms with Gasteiger partial charge in [-0.15, -0.1) is 0 Å². The maximum Gasteiger partial charge on any atom is 0.378 e. The highest BCUT2D eigenvalue weighted by molar-refractivity contribution is 6.06. The van der Waals surface area contributed by atoms with E-state index in [0.29, 0.717) is 0 Å². The molecule has 128 valence electrons. The standard InChI is InChI=1S/C18H15NO6/c1-2-23-17(21)13-9-19-8-12-14(20)16(25-15(12)13)18(22)24-10-11-6-4-3-5-7-11/h3-9,20H,2,10H2,1H3. The third kappa shape index (κ3) is 3.30. The van der Waals surface area contributed by atoms with Gasteiger partial charge in [0.25, 0.3) is 5.76 Å². The average molecular weight is 341 g/mol. The number of hydrogen-bond donors (Lipinski definition) is 1. The summed E-state index contributed by atoms with van der Waals surface area (Å²) in [6.45, 7) is 1.87. The monoisotopic (exact) mass is 341 g/mol. The number of benzene rings is 1. The van der Waals surface area contributed by atoms with Crippen LogP contribution in [0.5, 0.6) is 5.75 Å². The molecule has 3 aromatic rings. The third-order valence-corrected chi connectivity index (χ3v) is 3.46. The van der Waals surface area contributed by atoms with Crippen molar-refractivity contribution in [3.8, 4) is 5.75 Å². The molecule has 7 nitrogen and oxygen atoms in total. The molecule has 0 aliphatic rings. The summed E-state index contributed by atoms with van der Waals surface area (Å²) in [5.74, 6) is -2.30. The maximum atomic E-state index is 12.2. The van der Waals surface area contributed by atoms with Crippen molar-refractivity contribution in [1.82, 2.24) is 4.98 Å². The molecule has 25 heavy (non-hydrogen) atoms. The van der Waals surface area contributed by atoms with Gasteiger partial charge in [-0.2, -0.15) is 0 Å². The molecule has 0 unspecified atom stereocenters. The highest BCUT2D eigenvalue weighted by atomic mass is 16.5. The van der Waals surface area contributed by atoms with Gasteiger partial charge in [-0.3, -0.25) is 4.98 Å². The fourth-order valence-corrected chi connectivity index (χ4v) is 2.28. The number of esters is 2. The number of pyridine rings is 1. The zero-order valence-corrected chi connectivity index (χ0v) is 13.4. The Morgan fingerprint density at radius 1 is 1.12 bits per heavy atom. The highest BCUT2D eigenvalue weighted by Gasteiger charge is 2.25. The summed E-state index contributed by atoms with van der Waals surface area (Å²) in [5, 5.41) is 10.3. The molecule has 3 rings (SSSR count). The van der Waals surface area contributed by atoms with Crippen molar-refractivity contribution in [3.05, 3.63) is 59.6 Å². The predicted octanol–water partition coefficient (Wildman–Crippen LogP) is 3.07. The quantitative estimate of drug-likeness (QED) is 0.712. The van der Waals surface area contributed by atoms with Crippen LogP contribution in [0.2, 0.25) is 0 Å². The Morgan fingerprint density at radius 2 is 1.88 bits per heavy atom. The van der Waals surface area contributed by atoms with Crippen LogP contribution in [0.15, 0.2) is 47.1 Å². The van der Waals surface area contributed by atoms with Gasteiger partial charge in [0.05, 0.1) is 12.0 Å². The van der Waals surface area contributed by atoms with E-state index in [-0.39, 0.29) is 35.5 Å². The third-order valence-electron chi connectivity index (χ3n) is 3.46. The minimum Gasteiger partial charge on any atom is -0.504 e. The Hall–Kier alpha value is -3.35. The molecule has 0 amide bonds. The topological polar surface area (TPSA) is 98.9 Å². The van der Waals surface area contributed by atoms with Crippen molar-refractivity contribution in [3.63, 3.8) is 0 Å². The van der Waals surface area contributed by atoms with E-state index in [0.717, 1.165) is 5.56 Å². The average Bonchev–Trinajstić information content (AvgIpc) is 2.98. The van der Waals surface area contributed by atoms with Crippen molar-refractivity contribution in [2.45, 2.75) is 13.5 Å². The summed E-state index contributed by atoms with van der Waals surface area (Å²) >= 11 is 0. The summed E-state index contributed by atoms with van der Waals surface area (Å²) in [6.07, 6.45) is 2.55. The Morgan fingerprint density at radius 3 is 2.60 bits per heavy atom. The van der Waals surface area contributed by atoms with Gasteiger partial charge in [0.2, 0.25) is 0 Å². The minimum atomic E-state index is -0.840. The van der Waals surface area contributed by atoms with E-state index in [4.69, 9.17) is 13.9 Å². The van der Waals surface area contributed by atoms with Gasteiger partial charge in [-0.05, 0) is 12.5 Å². The molecule has 0 fully saturated rings. The van der Waals surface area contributed by atoms with Crippen LogP contribution < -0.4 is 0 Å². The van der Waals surface area contributed by atoms with Gasteiger partial charge in [-0.1, -0.05) is 30.3 Å². The predicted molar refractivity (Wildman–Crippen MR) is 87.2 cm³/mol. The Labute approximate surface area is 142 Å². The lowest BCUT2D eigenvalue weighted by Gasteiger charge is -2.03. The minimum absolute atomic E-state index is 0.0248. The van der Waals surface area contributed by atoms with E-state index in [9.17, 15) is 14.7 Å². The number of carbonyl (C=O) groups is 2. The molecule has 2 heterocycles. The number of nitrogens with zero attached hydrogens (tertiary/aromatic N) is 1. The van der Waals surface area contributed by atoms with Crippen LogP contribution in [0.4, 0.5) is 0 Å². The van der Waals surface area contributed by atoms with Gasteiger partial charge in [0.1, 0.15) is 12.2 Å². The number of aromatic hydroxyl groups is 1. The van der Waals surface area contributed by atoms with Crippen molar-refractivity contribution in [1.29, 1.82) is 0 Å². The summed E-state index contributed by atoms with van der Waals surface area (Å²) in [5.41, 5.74) is 0.842. The number of aromatic nitrogens is 1. The molecule has 0 spiro atoms. The van der Waals surface area contributed by atoms with Crippen LogP contribution in [0.25, 0.3) is 11.0 Å². The van der Waals surface area contributed by atoms with Crippen molar-refractivity contribution in [2.24, 2.45) is 0 Å². The normalized spacial score (nSPS) is 10.6. The van der Waals surface area contributed by atoms with Gasteiger partial charge < -0.3 is 19.0 Å². The summed E-state index contributed by atoms with van der Waals surface area (Å²) in [6, 6.07) is 9.08. The second-order valence-corrected chi connectivity index (χ2v) is 5.13. The van der Waals surface area contributed by atoms with Crippen LogP contribution >= 0.6 is 0 Å². The Bertz CT molecular complexity index is 916. The number of furan rings is 1. The first kappa shape index (κ1) is 16.5. The zero-order chi connectivity index (χ0) is 17.8. The molecule has 7 heteroatoms. The second kappa shape index (κ2) is 7.04. The molecule has 1 aromatic carbocycles. The van der Waals surface area contributed by atoms with Crippen LogP contribution in [0, 0.1) is 0 Å². The molecule has 0 atom stereocenters. The summed E-state index contributed by atoms with van der Waals surface area (Å²) in [7, 11) is 0. The van der Waals surface area contributed by atoms with Crippen molar-refractivity contribution >= 4 is 22.9 Å². The molecule has 0 aliphatic carbocycles. The molecular formula is C18H15NO6. The van der Waals surface area contributed by atoms with Crippen molar-refractivity contribution < 1.29 is 28.6 Å². The molecule has 2 aromatic heterocycles. The van der Waals surface area contributed by atoms with Gasteiger partial charge in [-0.25, -0.2) is 9.59 Å². The highest BCUT2D eigenvalue weighted by Crippen LogP contribution is 2.34. The van der Waals surface area contributed by atoms with Gasteiger partial charge in [0, 0.05) is 12.4 Å².